The molecule has 0 spiro atoms. The van der Waals surface area contributed by atoms with Gasteiger partial charge < -0.3 is 5.32 Å². The van der Waals surface area contributed by atoms with Crippen LogP contribution in [0.15, 0.2) is 12.3 Å². The Kier molecular flexibility index (Phi) is 7.28. The molecule has 0 aliphatic heterocycles. The van der Waals surface area contributed by atoms with Gasteiger partial charge in [0.1, 0.15) is 0 Å². The van der Waals surface area contributed by atoms with Crippen LogP contribution in [0.5, 0.6) is 0 Å². The van der Waals surface area contributed by atoms with Crippen molar-refractivity contribution in [1.29, 1.82) is 0 Å². The molecule has 0 amide bonds. The van der Waals surface area contributed by atoms with Crippen LogP contribution in [0, 0.1) is 0 Å². The quantitative estimate of drug-likeness (QED) is 0.644. The maximum absolute atomic E-state index is 4.81. The molecule has 1 atom stereocenters. The minimum atomic E-state index is 0.582. The van der Waals surface area contributed by atoms with Gasteiger partial charge in [0.15, 0.2) is 0 Å². The Morgan fingerprint density at radius 3 is 2.71 bits per heavy atom. The van der Waals surface area contributed by atoms with Crippen LogP contribution in [0.4, 0.5) is 0 Å². The van der Waals surface area contributed by atoms with Gasteiger partial charge >= 0.3 is 0 Å². The molecule has 1 fully saturated rings. The summed E-state index contributed by atoms with van der Waals surface area (Å²) in [6.45, 7) is 2.27. The molecule has 1 N–H and O–H groups in total. The van der Waals surface area contributed by atoms with Crippen LogP contribution in [0.3, 0.4) is 0 Å². The third kappa shape index (κ3) is 5.46. The van der Waals surface area contributed by atoms with Gasteiger partial charge in [0.2, 0.25) is 0 Å². The number of rotatable bonds is 10. The Morgan fingerprint density at radius 1 is 1.24 bits per heavy atom. The first-order valence-electron chi connectivity index (χ1n) is 9.04. The van der Waals surface area contributed by atoms with Gasteiger partial charge in [0, 0.05) is 18.7 Å². The fourth-order valence-electron chi connectivity index (χ4n) is 3.45. The van der Waals surface area contributed by atoms with Crippen LogP contribution < -0.4 is 5.32 Å². The zero-order valence-corrected chi connectivity index (χ0v) is 14.0. The summed E-state index contributed by atoms with van der Waals surface area (Å²) in [7, 11) is 2.09. The first-order valence-corrected chi connectivity index (χ1v) is 9.04. The highest BCUT2D eigenvalue weighted by Gasteiger charge is 2.18. The monoisotopic (exact) mass is 291 g/mol. The Morgan fingerprint density at radius 2 is 2.00 bits per heavy atom. The molecule has 0 bridgehead atoms. The zero-order chi connectivity index (χ0) is 14.9. The number of likely N-dealkylation sites (N-methyl/N-ethyl adjacent to an activating group) is 1. The second-order valence-electron chi connectivity index (χ2n) is 6.62. The highest BCUT2D eigenvalue weighted by molar-refractivity contribution is 5.02. The summed E-state index contributed by atoms with van der Waals surface area (Å²) in [5.41, 5.74) is 1.26. The van der Waals surface area contributed by atoms with Crippen molar-refractivity contribution in [1.82, 2.24) is 15.1 Å². The largest absolute Gasteiger partial charge is 0.317 e. The molecule has 1 aliphatic rings. The van der Waals surface area contributed by atoms with E-state index in [4.69, 9.17) is 5.10 Å². The van der Waals surface area contributed by atoms with Gasteiger partial charge in [-0.25, -0.2) is 0 Å². The lowest BCUT2D eigenvalue weighted by molar-refractivity contribution is 0.449. The second kappa shape index (κ2) is 9.24. The van der Waals surface area contributed by atoms with E-state index in [1.165, 1.54) is 69.9 Å². The molecule has 0 radical (unpaired) electrons. The predicted octanol–water partition coefficient (Wildman–Crippen LogP) is 4.49. The minimum Gasteiger partial charge on any atom is -0.317 e. The SMILES string of the molecule is CCCCCCCC(Cc1ccn(C2CCCC2)n1)NC. The van der Waals surface area contributed by atoms with Crippen LogP contribution in [-0.2, 0) is 6.42 Å². The normalized spacial score (nSPS) is 17.4. The summed E-state index contributed by atoms with van der Waals surface area (Å²) in [5.74, 6) is 0. The Bertz CT molecular complexity index is 380. The number of nitrogens with one attached hydrogen (secondary N) is 1. The van der Waals surface area contributed by atoms with Gasteiger partial charge in [-0.2, -0.15) is 5.10 Å². The molecule has 21 heavy (non-hydrogen) atoms. The second-order valence-corrected chi connectivity index (χ2v) is 6.62. The topological polar surface area (TPSA) is 29.9 Å². The fourth-order valence-corrected chi connectivity index (χ4v) is 3.45. The minimum absolute atomic E-state index is 0.582. The van der Waals surface area contributed by atoms with E-state index in [9.17, 15) is 0 Å². The molecule has 0 aromatic carbocycles. The van der Waals surface area contributed by atoms with Crippen molar-refractivity contribution in [3.05, 3.63) is 18.0 Å². The van der Waals surface area contributed by atoms with Crippen LogP contribution in [0.1, 0.15) is 82.9 Å². The van der Waals surface area contributed by atoms with Crippen molar-refractivity contribution in [3.63, 3.8) is 0 Å². The molecule has 1 aromatic rings. The van der Waals surface area contributed by atoms with E-state index < -0.39 is 0 Å². The van der Waals surface area contributed by atoms with E-state index in [1.807, 2.05) is 0 Å². The highest BCUT2D eigenvalue weighted by Crippen LogP contribution is 2.28. The summed E-state index contributed by atoms with van der Waals surface area (Å²) in [4.78, 5) is 0. The first-order chi connectivity index (χ1) is 10.3. The zero-order valence-electron chi connectivity index (χ0n) is 14.0. The number of hydrogen-bond acceptors (Lipinski definition) is 2. The van der Waals surface area contributed by atoms with Gasteiger partial charge in [-0.15, -0.1) is 0 Å². The molecule has 3 heteroatoms. The summed E-state index contributed by atoms with van der Waals surface area (Å²) < 4.78 is 2.22. The number of aromatic nitrogens is 2. The van der Waals surface area contributed by atoms with E-state index >= 15 is 0 Å². The molecular formula is C18H33N3. The van der Waals surface area contributed by atoms with Crippen molar-refractivity contribution < 1.29 is 0 Å². The maximum Gasteiger partial charge on any atom is 0.0640 e. The van der Waals surface area contributed by atoms with E-state index in [-0.39, 0.29) is 0 Å². The molecule has 1 aromatic heterocycles. The third-order valence-corrected chi connectivity index (χ3v) is 4.88. The van der Waals surface area contributed by atoms with Crippen LogP contribution in [0.25, 0.3) is 0 Å². The molecule has 1 aliphatic carbocycles. The average Bonchev–Trinajstić information content (AvgIpc) is 3.16. The lowest BCUT2D eigenvalue weighted by Gasteiger charge is -2.15. The van der Waals surface area contributed by atoms with E-state index in [2.05, 4.69) is 36.2 Å². The van der Waals surface area contributed by atoms with Crippen LogP contribution in [-0.4, -0.2) is 22.9 Å². The van der Waals surface area contributed by atoms with Gasteiger partial charge in [-0.05, 0) is 32.4 Å². The number of unbranched alkanes of at least 4 members (excludes halogenated alkanes) is 4. The van der Waals surface area contributed by atoms with Crippen molar-refractivity contribution in [3.8, 4) is 0 Å². The predicted molar refractivity (Wildman–Crippen MR) is 89.7 cm³/mol. The maximum atomic E-state index is 4.81. The van der Waals surface area contributed by atoms with Crippen molar-refractivity contribution in [2.75, 3.05) is 7.05 Å². The van der Waals surface area contributed by atoms with Gasteiger partial charge in [-0.3, -0.25) is 4.68 Å². The summed E-state index contributed by atoms with van der Waals surface area (Å²) in [6, 6.07) is 3.47. The molecule has 1 heterocycles. The molecular weight excluding hydrogens is 258 g/mol. The van der Waals surface area contributed by atoms with Gasteiger partial charge in [0.05, 0.1) is 11.7 Å². The average molecular weight is 291 g/mol. The highest BCUT2D eigenvalue weighted by atomic mass is 15.3. The number of hydrogen-bond donors (Lipinski definition) is 1. The van der Waals surface area contributed by atoms with Crippen molar-refractivity contribution in [2.24, 2.45) is 0 Å². The Labute approximate surface area is 130 Å². The van der Waals surface area contributed by atoms with E-state index in [1.54, 1.807) is 0 Å². The lowest BCUT2D eigenvalue weighted by Crippen LogP contribution is -2.27. The van der Waals surface area contributed by atoms with Crippen molar-refractivity contribution >= 4 is 0 Å². The van der Waals surface area contributed by atoms with Crippen LogP contribution >= 0.6 is 0 Å². The first kappa shape index (κ1) is 16.5. The van der Waals surface area contributed by atoms with Gasteiger partial charge in [0.25, 0.3) is 0 Å². The van der Waals surface area contributed by atoms with Crippen LogP contribution in [0.2, 0.25) is 0 Å². The molecule has 1 saturated carbocycles. The molecule has 2 rings (SSSR count). The fraction of sp³-hybridized carbons (Fsp3) is 0.833. The van der Waals surface area contributed by atoms with Crippen molar-refractivity contribution in [2.45, 2.75) is 89.6 Å². The smallest absolute Gasteiger partial charge is 0.0640 e. The van der Waals surface area contributed by atoms with E-state index in [0.717, 1.165) is 6.42 Å². The summed E-state index contributed by atoms with van der Waals surface area (Å²) >= 11 is 0. The standard InChI is InChI=1S/C18H33N3/c1-3-4-5-6-7-10-16(19-2)15-17-13-14-21(20-17)18-11-8-9-12-18/h13-14,16,18-19H,3-12,15H2,1-2H3. The van der Waals surface area contributed by atoms with E-state index in [0.29, 0.717) is 12.1 Å². The molecule has 1 unspecified atom stereocenters. The molecule has 3 nitrogen and oxygen atoms in total. The Balaban J connectivity index is 1.73. The Hall–Kier alpha value is -0.830. The summed E-state index contributed by atoms with van der Waals surface area (Å²) in [5, 5.41) is 8.29. The molecule has 0 saturated heterocycles. The number of nitrogens with zero attached hydrogens (tertiary/aromatic N) is 2. The molecule has 120 valence electrons. The lowest BCUT2D eigenvalue weighted by atomic mass is 10.0. The third-order valence-electron chi connectivity index (χ3n) is 4.88. The summed E-state index contributed by atoms with van der Waals surface area (Å²) in [6.07, 6.45) is 16.7. The van der Waals surface area contributed by atoms with Gasteiger partial charge in [-0.1, -0.05) is 51.9 Å².